The van der Waals surface area contributed by atoms with Crippen molar-refractivity contribution in [2.45, 2.75) is 13.8 Å². The molecule has 17 heavy (non-hydrogen) atoms. The maximum Gasteiger partial charge on any atom is 0.0739 e. The van der Waals surface area contributed by atoms with Gasteiger partial charge in [-0.3, -0.25) is 0 Å². The number of halogens is 2. The Labute approximate surface area is 115 Å². The Morgan fingerprint density at radius 2 is 1.82 bits per heavy atom. The largest absolute Gasteiger partial charge is 0.371 e. The molecule has 0 aliphatic heterocycles. The van der Waals surface area contributed by atoms with Crippen LogP contribution in [0.25, 0.3) is 0 Å². The van der Waals surface area contributed by atoms with E-state index in [1.165, 1.54) is 0 Å². The summed E-state index contributed by atoms with van der Waals surface area (Å²) in [7, 11) is 4.07. The van der Waals surface area contributed by atoms with Crippen LogP contribution in [-0.2, 0) is 0 Å². The Kier molecular flexibility index (Phi) is 8.40. The SMILES string of the molecule is C=C/C(Cl)=C(\C(Cl)=C/C)N(C)CCN(C)CC. The third-order valence-electron chi connectivity index (χ3n) is 2.62. The third kappa shape index (κ3) is 5.62. The smallest absolute Gasteiger partial charge is 0.0739 e. The first-order valence-electron chi connectivity index (χ1n) is 5.71. The first kappa shape index (κ1) is 16.6. The molecule has 0 amide bonds. The predicted octanol–water partition coefficient (Wildman–Crippen LogP) is 3.65. The summed E-state index contributed by atoms with van der Waals surface area (Å²) in [6, 6.07) is 0. The summed E-state index contributed by atoms with van der Waals surface area (Å²) in [5, 5.41) is 1.23. The molecule has 98 valence electrons. The molecule has 0 spiro atoms. The van der Waals surface area contributed by atoms with Crippen LogP contribution in [0.3, 0.4) is 0 Å². The second kappa shape index (κ2) is 8.62. The standard InChI is InChI=1S/C13H22Cl2N2/c1-6-11(14)13(12(15)7-2)17(5)10-9-16(4)8-3/h6-7H,1,8-10H2,2-5H3/b12-7+,13-11-. The van der Waals surface area contributed by atoms with E-state index in [9.17, 15) is 0 Å². The van der Waals surface area contributed by atoms with Crippen LogP contribution in [-0.4, -0.2) is 43.5 Å². The predicted molar refractivity (Wildman–Crippen MR) is 78.5 cm³/mol. The molecule has 2 nitrogen and oxygen atoms in total. The minimum absolute atomic E-state index is 0.578. The van der Waals surface area contributed by atoms with Crippen LogP contribution in [0.4, 0.5) is 0 Å². The summed E-state index contributed by atoms with van der Waals surface area (Å²) < 4.78 is 0. The summed E-state index contributed by atoms with van der Waals surface area (Å²) in [4.78, 5) is 4.29. The highest BCUT2D eigenvalue weighted by atomic mass is 35.5. The van der Waals surface area contributed by atoms with Crippen LogP contribution >= 0.6 is 23.2 Å². The van der Waals surface area contributed by atoms with Crippen molar-refractivity contribution in [2.75, 3.05) is 33.7 Å². The molecule has 0 radical (unpaired) electrons. The van der Waals surface area contributed by atoms with E-state index in [0.717, 1.165) is 25.3 Å². The summed E-state index contributed by atoms with van der Waals surface area (Å²) >= 11 is 12.3. The lowest BCUT2D eigenvalue weighted by Gasteiger charge is -2.25. The van der Waals surface area contributed by atoms with Gasteiger partial charge in [-0.05, 0) is 26.6 Å². The van der Waals surface area contributed by atoms with Crippen LogP contribution in [0.15, 0.2) is 34.5 Å². The highest BCUT2D eigenvalue weighted by Crippen LogP contribution is 2.24. The quantitative estimate of drug-likeness (QED) is 0.655. The van der Waals surface area contributed by atoms with Gasteiger partial charge in [-0.2, -0.15) is 0 Å². The summed E-state index contributed by atoms with van der Waals surface area (Å²) in [5.41, 5.74) is 0.829. The van der Waals surface area contributed by atoms with Crippen LogP contribution < -0.4 is 0 Å². The molecule has 0 saturated carbocycles. The lowest BCUT2D eigenvalue weighted by Crippen LogP contribution is -2.30. The molecule has 0 bridgehead atoms. The molecule has 0 fully saturated rings. The monoisotopic (exact) mass is 276 g/mol. The van der Waals surface area contributed by atoms with Crippen molar-refractivity contribution in [2.24, 2.45) is 0 Å². The van der Waals surface area contributed by atoms with Gasteiger partial charge in [-0.15, -0.1) is 0 Å². The zero-order valence-electron chi connectivity index (χ0n) is 11.1. The molecular formula is C13H22Cl2N2. The molecule has 0 aromatic heterocycles. The molecule has 0 atom stereocenters. The van der Waals surface area contributed by atoms with Gasteiger partial charge in [0.2, 0.25) is 0 Å². The van der Waals surface area contributed by atoms with Crippen LogP contribution in [0, 0.1) is 0 Å². The maximum absolute atomic E-state index is 6.16. The fourth-order valence-electron chi connectivity index (χ4n) is 1.30. The fraction of sp³-hybridized carbons (Fsp3) is 0.538. The zero-order chi connectivity index (χ0) is 13.4. The average molecular weight is 277 g/mol. The number of hydrogen-bond donors (Lipinski definition) is 0. The van der Waals surface area contributed by atoms with Crippen molar-refractivity contribution in [1.82, 2.24) is 9.80 Å². The minimum atomic E-state index is 0.578. The van der Waals surface area contributed by atoms with Gasteiger partial charge in [-0.1, -0.05) is 42.8 Å². The summed E-state index contributed by atoms with van der Waals surface area (Å²) in [6.07, 6.45) is 3.45. The molecule has 0 heterocycles. The molecule has 0 aromatic rings. The number of hydrogen-bond acceptors (Lipinski definition) is 2. The van der Waals surface area contributed by atoms with Gasteiger partial charge in [0.05, 0.1) is 15.8 Å². The molecular weight excluding hydrogens is 255 g/mol. The van der Waals surface area contributed by atoms with Gasteiger partial charge < -0.3 is 9.80 Å². The number of allylic oxidation sites excluding steroid dienone is 4. The van der Waals surface area contributed by atoms with Crippen molar-refractivity contribution in [3.8, 4) is 0 Å². The van der Waals surface area contributed by atoms with Gasteiger partial charge in [0.1, 0.15) is 0 Å². The van der Waals surface area contributed by atoms with Crippen LogP contribution in [0.2, 0.25) is 0 Å². The fourth-order valence-corrected chi connectivity index (χ4v) is 1.84. The highest BCUT2D eigenvalue weighted by Gasteiger charge is 2.12. The van der Waals surface area contributed by atoms with E-state index in [4.69, 9.17) is 23.2 Å². The first-order valence-corrected chi connectivity index (χ1v) is 6.47. The van der Waals surface area contributed by atoms with Gasteiger partial charge in [-0.25, -0.2) is 0 Å². The Morgan fingerprint density at radius 1 is 1.24 bits per heavy atom. The Bertz CT molecular complexity index is 309. The van der Waals surface area contributed by atoms with Crippen LogP contribution in [0.1, 0.15) is 13.8 Å². The average Bonchev–Trinajstić information content (AvgIpc) is 2.35. The minimum Gasteiger partial charge on any atom is -0.371 e. The third-order valence-corrected chi connectivity index (χ3v) is 3.35. The van der Waals surface area contributed by atoms with Gasteiger partial charge in [0.15, 0.2) is 0 Å². The van der Waals surface area contributed by atoms with E-state index in [-0.39, 0.29) is 0 Å². The van der Waals surface area contributed by atoms with E-state index in [1.807, 2.05) is 20.0 Å². The Balaban J connectivity index is 4.79. The zero-order valence-corrected chi connectivity index (χ0v) is 12.6. The number of nitrogens with zero attached hydrogens (tertiary/aromatic N) is 2. The van der Waals surface area contributed by atoms with Crippen molar-refractivity contribution < 1.29 is 0 Å². The summed E-state index contributed by atoms with van der Waals surface area (Å²) in [6.45, 7) is 10.6. The van der Waals surface area contributed by atoms with E-state index >= 15 is 0 Å². The Morgan fingerprint density at radius 3 is 2.24 bits per heavy atom. The van der Waals surface area contributed by atoms with Gasteiger partial charge in [0.25, 0.3) is 0 Å². The first-order chi connectivity index (χ1) is 7.97. The molecule has 0 saturated heterocycles. The van der Waals surface area contributed by atoms with E-state index in [2.05, 4.69) is 30.4 Å². The van der Waals surface area contributed by atoms with Crippen molar-refractivity contribution in [3.05, 3.63) is 34.5 Å². The maximum atomic E-state index is 6.16. The molecule has 0 rings (SSSR count). The van der Waals surface area contributed by atoms with Gasteiger partial charge >= 0.3 is 0 Å². The molecule has 0 unspecified atom stereocenters. The van der Waals surface area contributed by atoms with Crippen molar-refractivity contribution in [3.63, 3.8) is 0 Å². The molecule has 0 N–H and O–H groups in total. The second-order valence-electron chi connectivity index (χ2n) is 3.85. The second-order valence-corrected chi connectivity index (χ2v) is 4.67. The van der Waals surface area contributed by atoms with E-state index in [0.29, 0.717) is 10.1 Å². The van der Waals surface area contributed by atoms with Crippen molar-refractivity contribution in [1.29, 1.82) is 0 Å². The lowest BCUT2D eigenvalue weighted by atomic mass is 10.3. The molecule has 4 heteroatoms. The normalized spacial score (nSPS) is 13.7. The van der Waals surface area contributed by atoms with E-state index < -0.39 is 0 Å². The van der Waals surface area contributed by atoms with Gasteiger partial charge in [0, 0.05) is 20.1 Å². The highest BCUT2D eigenvalue weighted by molar-refractivity contribution is 6.36. The lowest BCUT2D eigenvalue weighted by molar-refractivity contribution is 0.299. The van der Waals surface area contributed by atoms with E-state index in [1.54, 1.807) is 6.08 Å². The van der Waals surface area contributed by atoms with Crippen LogP contribution in [0.5, 0.6) is 0 Å². The topological polar surface area (TPSA) is 6.48 Å². The number of rotatable bonds is 7. The molecule has 0 aromatic carbocycles. The summed E-state index contributed by atoms with van der Waals surface area (Å²) in [5.74, 6) is 0. The molecule has 0 aliphatic rings. The van der Waals surface area contributed by atoms with Crippen molar-refractivity contribution >= 4 is 23.2 Å². The molecule has 0 aliphatic carbocycles. The Hall–Kier alpha value is -0.440. The number of likely N-dealkylation sites (N-methyl/N-ethyl adjacent to an activating group) is 2.